The molecule has 0 radical (unpaired) electrons. The molecule has 7 nitrogen and oxygen atoms in total. The fourth-order valence-electron chi connectivity index (χ4n) is 2.17. The molecule has 2 N–H and O–H groups in total. The Morgan fingerprint density at radius 2 is 2.00 bits per heavy atom. The van der Waals surface area contributed by atoms with Gasteiger partial charge in [-0.25, -0.2) is 4.79 Å². The number of carboxylic acids is 1. The molecule has 0 aromatic heterocycles. The van der Waals surface area contributed by atoms with Gasteiger partial charge in [0.2, 0.25) is 5.91 Å². The minimum absolute atomic E-state index is 0.0310. The summed E-state index contributed by atoms with van der Waals surface area (Å²) in [5.74, 6) is 1.10. The average molecular weight is 281 g/mol. The highest BCUT2D eigenvalue weighted by Gasteiger charge is 2.27. The van der Waals surface area contributed by atoms with Crippen LogP contribution in [0, 0.1) is 12.3 Å². The van der Waals surface area contributed by atoms with Crippen LogP contribution in [0.4, 0.5) is 4.79 Å². The zero-order chi connectivity index (χ0) is 15.1. The van der Waals surface area contributed by atoms with E-state index in [9.17, 15) is 14.4 Å². The molecule has 1 rings (SSSR count). The second-order valence-corrected chi connectivity index (χ2v) is 4.70. The number of terminal acetylenes is 1. The van der Waals surface area contributed by atoms with E-state index in [1.165, 1.54) is 6.92 Å². The smallest absolute Gasteiger partial charge is 0.323 e. The lowest BCUT2D eigenvalue weighted by molar-refractivity contribution is -0.137. The zero-order valence-corrected chi connectivity index (χ0v) is 11.5. The molecule has 0 unspecified atom stereocenters. The molecule has 1 aliphatic heterocycles. The van der Waals surface area contributed by atoms with E-state index in [4.69, 9.17) is 11.5 Å². The van der Waals surface area contributed by atoms with Gasteiger partial charge in [0.1, 0.15) is 6.54 Å². The topological polar surface area (TPSA) is 90.0 Å². The summed E-state index contributed by atoms with van der Waals surface area (Å²) in [6, 6.07) is -0.302. The molecule has 0 aliphatic carbocycles. The summed E-state index contributed by atoms with van der Waals surface area (Å²) >= 11 is 0. The molecular weight excluding hydrogens is 262 g/mol. The highest BCUT2D eigenvalue weighted by Crippen LogP contribution is 2.12. The number of carboxylic acid groups (broad SMARTS) is 1. The molecule has 0 atom stereocenters. The van der Waals surface area contributed by atoms with Gasteiger partial charge in [-0.15, -0.1) is 6.42 Å². The van der Waals surface area contributed by atoms with E-state index >= 15 is 0 Å². The van der Waals surface area contributed by atoms with Crippen LogP contribution in [0.5, 0.6) is 0 Å². The average Bonchev–Trinajstić information content (AvgIpc) is 2.37. The van der Waals surface area contributed by atoms with Gasteiger partial charge in [-0.2, -0.15) is 0 Å². The largest absolute Gasteiger partial charge is 0.480 e. The lowest BCUT2D eigenvalue weighted by Gasteiger charge is -2.35. The summed E-state index contributed by atoms with van der Waals surface area (Å²) in [4.78, 5) is 36.5. The van der Waals surface area contributed by atoms with Crippen molar-refractivity contribution < 1.29 is 19.5 Å². The van der Waals surface area contributed by atoms with Gasteiger partial charge < -0.3 is 20.2 Å². The van der Waals surface area contributed by atoms with Gasteiger partial charge in [-0.1, -0.05) is 5.92 Å². The third-order valence-electron chi connectivity index (χ3n) is 3.05. The highest BCUT2D eigenvalue weighted by atomic mass is 16.4. The monoisotopic (exact) mass is 281 g/mol. The van der Waals surface area contributed by atoms with Crippen molar-refractivity contribution in [2.75, 3.05) is 26.2 Å². The van der Waals surface area contributed by atoms with Crippen LogP contribution in [0.25, 0.3) is 0 Å². The van der Waals surface area contributed by atoms with Crippen LogP contribution in [0.1, 0.15) is 19.8 Å². The first kappa shape index (κ1) is 15.8. The Balaban J connectivity index is 2.53. The summed E-state index contributed by atoms with van der Waals surface area (Å²) in [5, 5.41) is 11.6. The summed E-state index contributed by atoms with van der Waals surface area (Å²) in [6.45, 7) is 1.97. The third-order valence-corrected chi connectivity index (χ3v) is 3.05. The zero-order valence-electron chi connectivity index (χ0n) is 11.5. The van der Waals surface area contributed by atoms with E-state index in [-0.39, 0.29) is 24.5 Å². The molecule has 1 aliphatic rings. The van der Waals surface area contributed by atoms with Crippen LogP contribution < -0.4 is 5.32 Å². The molecule has 0 aromatic carbocycles. The van der Waals surface area contributed by atoms with Crippen LogP contribution in [0.2, 0.25) is 0 Å². The molecule has 7 heteroatoms. The minimum Gasteiger partial charge on any atom is -0.480 e. The highest BCUT2D eigenvalue weighted by molar-refractivity contribution is 5.80. The number of nitrogens with one attached hydrogen (secondary N) is 1. The second-order valence-electron chi connectivity index (χ2n) is 4.70. The van der Waals surface area contributed by atoms with Gasteiger partial charge in [0.05, 0.1) is 6.54 Å². The standard InChI is InChI=1S/C13H19N3O4/c1-3-6-16(9-12(18)19)13(20)15-7-4-11(5-8-15)14-10(2)17/h1,11H,4-9H2,2H3,(H,14,17)(H,18,19). The van der Waals surface area contributed by atoms with Crippen molar-refractivity contribution in [1.82, 2.24) is 15.1 Å². The SMILES string of the molecule is C#CCN(CC(=O)O)C(=O)N1CCC(NC(C)=O)CC1. The first-order valence-electron chi connectivity index (χ1n) is 6.40. The quantitative estimate of drug-likeness (QED) is 0.694. The van der Waals surface area contributed by atoms with Crippen molar-refractivity contribution in [2.45, 2.75) is 25.8 Å². The van der Waals surface area contributed by atoms with Crippen molar-refractivity contribution in [3.8, 4) is 12.3 Å². The molecule has 20 heavy (non-hydrogen) atoms. The van der Waals surface area contributed by atoms with Gasteiger partial charge in [0, 0.05) is 26.1 Å². The first-order chi connectivity index (χ1) is 9.43. The van der Waals surface area contributed by atoms with Crippen LogP contribution >= 0.6 is 0 Å². The molecule has 110 valence electrons. The molecule has 0 bridgehead atoms. The van der Waals surface area contributed by atoms with Crippen LogP contribution in [0.15, 0.2) is 0 Å². The van der Waals surface area contributed by atoms with Crippen molar-refractivity contribution in [3.63, 3.8) is 0 Å². The number of carbonyl (C=O) groups is 3. The Bertz CT molecular complexity index is 422. The van der Waals surface area contributed by atoms with Gasteiger partial charge >= 0.3 is 12.0 Å². The number of rotatable bonds is 4. The molecule has 1 saturated heterocycles. The molecule has 1 heterocycles. The molecule has 0 saturated carbocycles. The van der Waals surface area contributed by atoms with E-state index in [1.54, 1.807) is 4.90 Å². The molecule has 0 spiro atoms. The van der Waals surface area contributed by atoms with Gasteiger partial charge in [0.25, 0.3) is 0 Å². The summed E-state index contributed by atoms with van der Waals surface area (Å²) in [7, 11) is 0. The fourth-order valence-corrected chi connectivity index (χ4v) is 2.17. The van der Waals surface area contributed by atoms with Gasteiger partial charge in [0.15, 0.2) is 0 Å². The lowest BCUT2D eigenvalue weighted by atomic mass is 10.1. The third kappa shape index (κ3) is 4.80. The Hall–Kier alpha value is -2.23. The molecular formula is C13H19N3O4. The normalized spacial score (nSPS) is 15.3. The molecule has 1 fully saturated rings. The predicted molar refractivity (Wildman–Crippen MR) is 71.8 cm³/mol. The van der Waals surface area contributed by atoms with Crippen LogP contribution in [-0.2, 0) is 9.59 Å². The number of nitrogens with zero attached hydrogens (tertiary/aromatic N) is 2. The molecule has 3 amide bonds. The van der Waals surface area contributed by atoms with E-state index in [0.29, 0.717) is 25.9 Å². The summed E-state index contributed by atoms with van der Waals surface area (Å²) in [6.07, 6.45) is 6.46. The van der Waals surface area contributed by atoms with Crippen LogP contribution in [-0.4, -0.2) is 65.0 Å². The first-order valence-corrected chi connectivity index (χ1v) is 6.40. The Labute approximate surface area is 117 Å². The number of amides is 3. The number of likely N-dealkylation sites (tertiary alicyclic amines) is 1. The van der Waals surface area contributed by atoms with E-state index < -0.39 is 12.5 Å². The fraction of sp³-hybridized carbons (Fsp3) is 0.615. The Morgan fingerprint density at radius 3 is 2.45 bits per heavy atom. The Morgan fingerprint density at radius 1 is 1.40 bits per heavy atom. The number of carbonyl (C=O) groups excluding carboxylic acids is 2. The maximum atomic E-state index is 12.2. The number of piperidine rings is 1. The lowest BCUT2D eigenvalue weighted by Crippen LogP contribution is -2.51. The number of urea groups is 1. The van der Waals surface area contributed by atoms with Crippen LogP contribution in [0.3, 0.4) is 0 Å². The van der Waals surface area contributed by atoms with E-state index in [2.05, 4.69) is 11.2 Å². The van der Waals surface area contributed by atoms with Crippen molar-refractivity contribution in [3.05, 3.63) is 0 Å². The maximum absolute atomic E-state index is 12.2. The maximum Gasteiger partial charge on any atom is 0.323 e. The van der Waals surface area contributed by atoms with Crippen molar-refractivity contribution in [1.29, 1.82) is 0 Å². The van der Waals surface area contributed by atoms with Gasteiger partial charge in [-0.3, -0.25) is 9.59 Å². The van der Waals surface area contributed by atoms with E-state index in [0.717, 1.165) is 4.90 Å². The van der Waals surface area contributed by atoms with E-state index in [1.807, 2.05) is 0 Å². The number of hydrogen-bond donors (Lipinski definition) is 2. The second kappa shape index (κ2) is 7.38. The predicted octanol–water partition coefficient (Wildman–Crippen LogP) is -0.273. The molecule has 0 aromatic rings. The summed E-state index contributed by atoms with van der Waals surface area (Å²) in [5.41, 5.74) is 0. The minimum atomic E-state index is -1.10. The van der Waals surface area contributed by atoms with Crippen molar-refractivity contribution in [2.24, 2.45) is 0 Å². The van der Waals surface area contributed by atoms with Gasteiger partial charge in [-0.05, 0) is 12.8 Å². The number of aliphatic carboxylic acids is 1. The summed E-state index contributed by atoms with van der Waals surface area (Å²) < 4.78 is 0. The Kier molecular flexibility index (Phi) is 5.84. The number of hydrogen-bond acceptors (Lipinski definition) is 3. The van der Waals surface area contributed by atoms with Crippen molar-refractivity contribution >= 4 is 17.9 Å².